The van der Waals surface area contributed by atoms with Crippen molar-refractivity contribution in [3.63, 3.8) is 0 Å². The van der Waals surface area contributed by atoms with Gasteiger partial charge >= 0.3 is 0 Å². The summed E-state index contributed by atoms with van der Waals surface area (Å²) < 4.78 is 5.60. The predicted octanol–water partition coefficient (Wildman–Crippen LogP) is 5.21. The molecule has 10 heteroatoms. The molecule has 0 saturated carbocycles. The fourth-order valence-corrected chi connectivity index (χ4v) is 4.35. The summed E-state index contributed by atoms with van der Waals surface area (Å²) in [6.07, 6.45) is 1.40. The number of hydrogen-bond donors (Lipinski definition) is 1. The first kappa shape index (κ1) is 24.3. The minimum atomic E-state index is -0.498. The van der Waals surface area contributed by atoms with Gasteiger partial charge in [0, 0.05) is 44.4 Å². The van der Waals surface area contributed by atoms with E-state index in [-0.39, 0.29) is 23.1 Å². The van der Waals surface area contributed by atoms with Crippen LogP contribution in [0.15, 0.2) is 59.0 Å². The Bertz CT molecular complexity index is 1250. The number of nitro groups is 1. The molecule has 3 aromatic rings. The molecule has 0 unspecified atom stereocenters. The number of hydrogen-bond acceptors (Lipinski definition) is 6. The summed E-state index contributed by atoms with van der Waals surface area (Å²) in [7, 11) is 0. The summed E-state index contributed by atoms with van der Waals surface area (Å²) in [4.78, 5) is 39.6. The molecule has 2 amide bonds. The lowest BCUT2D eigenvalue weighted by Gasteiger charge is -2.36. The number of nitrogens with zero attached hydrogens (tertiary/aromatic N) is 3. The lowest BCUT2D eigenvalue weighted by atomic mass is 10.1. The highest BCUT2D eigenvalue weighted by molar-refractivity contribution is 6.33. The fraction of sp³-hybridized carbons (Fsp3) is 0.280. The third kappa shape index (κ3) is 5.46. The molecule has 35 heavy (non-hydrogen) atoms. The molecule has 0 spiro atoms. The normalized spacial score (nSPS) is 13.5. The number of benzene rings is 2. The largest absolute Gasteiger partial charge is 0.451 e. The standard InChI is InChI=1S/C25H25ClN4O5/c1-2-5-24(31)29-14-12-28(13-15-29)21-9-8-17(16-19(21)26)27-25(32)23-11-10-22(35-23)18-6-3-4-7-20(18)30(33)34/h3-4,6-11,16H,2,5,12-15H2,1H3,(H,27,32). The quantitative estimate of drug-likeness (QED) is 0.355. The van der Waals surface area contributed by atoms with Crippen molar-refractivity contribution in [2.24, 2.45) is 0 Å². The number of amides is 2. The van der Waals surface area contributed by atoms with Crippen molar-refractivity contribution in [2.75, 3.05) is 36.4 Å². The van der Waals surface area contributed by atoms with Crippen LogP contribution in [0.1, 0.15) is 30.3 Å². The van der Waals surface area contributed by atoms with E-state index in [9.17, 15) is 19.7 Å². The maximum atomic E-state index is 12.7. The Labute approximate surface area is 207 Å². The van der Waals surface area contributed by atoms with Gasteiger partial charge in [0.1, 0.15) is 5.76 Å². The maximum Gasteiger partial charge on any atom is 0.291 e. The molecular formula is C25H25ClN4O5. The topological polar surface area (TPSA) is 109 Å². The lowest BCUT2D eigenvalue weighted by molar-refractivity contribution is -0.384. The van der Waals surface area contributed by atoms with Crippen LogP contribution in [0, 0.1) is 10.1 Å². The Hall–Kier alpha value is -3.85. The van der Waals surface area contributed by atoms with E-state index < -0.39 is 10.8 Å². The van der Waals surface area contributed by atoms with Gasteiger partial charge in [0.15, 0.2) is 5.76 Å². The number of nitro benzene ring substituents is 1. The first-order valence-electron chi connectivity index (χ1n) is 11.3. The number of anilines is 2. The molecule has 0 aliphatic carbocycles. The van der Waals surface area contributed by atoms with Gasteiger partial charge in [0.05, 0.1) is 21.2 Å². The zero-order chi connectivity index (χ0) is 24.9. The second-order valence-corrected chi connectivity index (χ2v) is 8.58. The van der Waals surface area contributed by atoms with Gasteiger partial charge in [0.2, 0.25) is 5.91 Å². The average molecular weight is 497 g/mol. The minimum Gasteiger partial charge on any atom is -0.451 e. The van der Waals surface area contributed by atoms with Crippen molar-refractivity contribution in [1.82, 2.24) is 4.90 Å². The van der Waals surface area contributed by atoms with Gasteiger partial charge in [-0.15, -0.1) is 0 Å². The molecule has 2 heterocycles. The van der Waals surface area contributed by atoms with E-state index in [2.05, 4.69) is 10.2 Å². The number of para-hydroxylation sites is 1. The first-order chi connectivity index (χ1) is 16.9. The van der Waals surface area contributed by atoms with Crippen molar-refractivity contribution in [3.05, 3.63) is 75.5 Å². The van der Waals surface area contributed by atoms with Crippen molar-refractivity contribution >= 4 is 40.5 Å². The SMILES string of the molecule is CCCC(=O)N1CCN(c2ccc(NC(=O)c3ccc(-c4ccccc4[N+](=O)[O-])o3)cc2Cl)CC1. The summed E-state index contributed by atoms with van der Waals surface area (Å²) in [6, 6.07) is 14.4. The fourth-order valence-electron chi connectivity index (χ4n) is 4.05. The van der Waals surface area contributed by atoms with Crippen LogP contribution in [0.3, 0.4) is 0 Å². The number of carbonyl (C=O) groups excluding carboxylic acids is 2. The van der Waals surface area contributed by atoms with E-state index in [4.69, 9.17) is 16.0 Å². The lowest BCUT2D eigenvalue weighted by Crippen LogP contribution is -2.48. The molecule has 4 rings (SSSR count). The van der Waals surface area contributed by atoms with Crippen LogP contribution in [0.25, 0.3) is 11.3 Å². The highest BCUT2D eigenvalue weighted by atomic mass is 35.5. The van der Waals surface area contributed by atoms with Crippen LogP contribution in [0.4, 0.5) is 17.1 Å². The molecule has 182 valence electrons. The molecule has 0 radical (unpaired) electrons. The molecule has 2 aromatic carbocycles. The Balaban J connectivity index is 1.41. The highest BCUT2D eigenvalue weighted by Crippen LogP contribution is 2.32. The molecule has 9 nitrogen and oxygen atoms in total. The van der Waals surface area contributed by atoms with E-state index in [1.54, 1.807) is 30.3 Å². The number of furan rings is 1. The van der Waals surface area contributed by atoms with Crippen LogP contribution >= 0.6 is 11.6 Å². The first-order valence-corrected chi connectivity index (χ1v) is 11.7. The van der Waals surface area contributed by atoms with Crippen LogP contribution in [-0.2, 0) is 4.79 Å². The van der Waals surface area contributed by atoms with Gasteiger partial charge in [-0.25, -0.2) is 0 Å². The highest BCUT2D eigenvalue weighted by Gasteiger charge is 2.23. The molecule has 1 aromatic heterocycles. The van der Waals surface area contributed by atoms with E-state index >= 15 is 0 Å². The van der Waals surface area contributed by atoms with Crippen LogP contribution in [0.5, 0.6) is 0 Å². The van der Waals surface area contributed by atoms with Gasteiger partial charge in [-0.3, -0.25) is 19.7 Å². The minimum absolute atomic E-state index is 0.0196. The van der Waals surface area contributed by atoms with E-state index in [0.717, 1.165) is 12.1 Å². The van der Waals surface area contributed by atoms with Gasteiger partial charge < -0.3 is 19.5 Å². The zero-order valence-electron chi connectivity index (χ0n) is 19.2. The van der Waals surface area contributed by atoms with Gasteiger partial charge in [0.25, 0.3) is 11.6 Å². The van der Waals surface area contributed by atoms with Crippen molar-refractivity contribution < 1.29 is 18.9 Å². The summed E-state index contributed by atoms with van der Waals surface area (Å²) in [6.45, 7) is 4.65. The van der Waals surface area contributed by atoms with Gasteiger partial charge in [-0.05, 0) is 42.8 Å². The molecule has 1 aliphatic heterocycles. The van der Waals surface area contributed by atoms with E-state index in [0.29, 0.717) is 48.9 Å². The molecular weight excluding hydrogens is 472 g/mol. The third-order valence-corrected chi connectivity index (χ3v) is 6.14. The van der Waals surface area contributed by atoms with Crippen molar-refractivity contribution in [3.8, 4) is 11.3 Å². The van der Waals surface area contributed by atoms with E-state index in [1.807, 2.05) is 17.9 Å². The summed E-state index contributed by atoms with van der Waals surface area (Å²) >= 11 is 6.51. The monoisotopic (exact) mass is 496 g/mol. The summed E-state index contributed by atoms with van der Waals surface area (Å²) in [5.74, 6) is -0.0698. The van der Waals surface area contributed by atoms with Crippen LogP contribution in [0.2, 0.25) is 5.02 Å². The van der Waals surface area contributed by atoms with Crippen LogP contribution < -0.4 is 10.2 Å². The molecule has 1 N–H and O–H groups in total. The van der Waals surface area contributed by atoms with Crippen molar-refractivity contribution in [1.29, 1.82) is 0 Å². The van der Waals surface area contributed by atoms with Crippen LogP contribution in [-0.4, -0.2) is 47.8 Å². The van der Waals surface area contributed by atoms with E-state index in [1.165, 1.54) is 18.2 Å². The second-order valence-electron chi connectivity index (χ2n) is 8.18. The number of piperazine rings is 1. The molecule has 1 aliphatic rings. The second kappa shape index (κ2) is 10.6. The summed E-state index contributed by atoms with van der Waals surface area (Å²) in [5.41, 5.74) is 1.51. The predicted molar refractivity (Wildman–Crippen MR) is 134 cm³/mol. The smallest absolute Gasteiger partial charge is 0.291 e. The maximum absolute atomic E-state index is 12.7. The Morgan fingerprint density at radius 3 is 2.51 bits per heavy atom. The van der Waals surface area contributed by atoms with Gasteiger partial charge in [-0.1, -0.05) is 30.7 Å². The molecule has 0 bridgehead atoms. The third-order valence-electron chi connectivity index (χ3n) is 5.84. The molecule has 0 atom stereocenters. The number of nitrogens with one attached hydrogen (secondary N) is 1. The average Bonchev–Trinajstić information content (AvgIpc) is 3.35. The Morgan fingerprint density at radius 1 is 1.09 bits per heavy atom. The zero-order valence-corrected chi connectivity index (χ0v) is 20.0. The Kier molecular flexibility index (Phi) is 7.36. The van der Waals surface area contributed by atoms with Crippen molar-refractivity contribution in [2.45, 2.75) is 19.8 Å². The number of rotatable bonds is 7. The Morgan fingerprint density at radius 2 is 1.83 bits per heavy atom. The molecule has 1 fully saturated rings. The molecule has 1 saturated heterocycles. The summed E-state index contributed by atoms with van der Waals surface area (Å²) in [5, 5.41) is 14.5. The number of carbonyl (C=O) groups is 2. The van der Waals surface area contributed by atoms with Gasteiger partial charge in [-0.2, -0.15) is 0 Å². The number of halogens is 1.